The van der Waals surface area contributed by atoms with E-state index in [2.05, 4.69) is 41.1 Å². The first-order chi connectivity index (χ1) is 12.9. The molecule has 0 aliphatic heterocycles. The van der Waals surface area contributed by atoms with Gasteiger partial charge in [0, 0.05) is 10.0 Å². The Morgan fingerprint density at radius 1 is 0.963 bits per heavy atom. The first kappa shape index (κ1) is 19.8. The van der Waals surface area contributed by atoms with Gasteiger partial charge in [0.05, 0.1) is 16.1 Å². The van der Waals surface area contributed by atoms with Gasteiger partial charge in [0.2, 0.25) is 0 Å². The number of benzene rings is 3. The smallest absolute Gasteiger partial charge is 0.144 e. The minimum Gasteiger partial charge on any atom is -0.456 e. The van der Waals surface area contributed by atoms with Gasteiger partial charge in [-0.15, -0.1) is 0 Å². The maximum atomic E-state index is 9.13. The minimum absolute atomic E-state index is 0.458. The van der Waals surface area contributed by atoms with Crippen LogP contribution in [0, 0.1) is 25.2 Å². The van der Waals surface area contributed by atoms with Gasteiger partial charge in [-0.2, -0.15) is 5.26 Å². The van der Waals surface area contributed by atoms with Crippen LogP contribution in [0.3, 0.4) is 0 Å². The van der Waals surface area contributed by atoms with Crippen molar-refractivity contribution in [2.75, 3.05) is 0 Å². The second kappa shape index (κ2) is 8.35. The number of hydrogen-bond acceptors (Lipinski definition) is 2. The van der Waals surface area contributed by atoms with Crippen molar-refractivity contribution < 1.29 is 4.74 Å². The van der Waals surface area contributed by atoms with Crippen molar-refractivity contribution in [3.63, 3.8) is 0 Å². The Bertz CT molecular complexity index is 1060. The van der Waals surface area contributed by atoms with Crippen molar-refractivity contribution in [3.8, 4) is 17.6 Å². The molecule has 0 atom stereocenters. The van der Waals surface area contributed by atoms with Gasteiger partial charge < -0.3 is 4.74 Å². The first-order valence-electron chi connectivity index (χ1n) is 8.29. The molecule has 5 heteroatoms. The molecule has 0 aliphatic carbocycles. The van der Waals surface area contributed by atoms with Crippen LogP contribution in [0.5, 0.6) is 11.5 Å². The molecule has 0 N–H and O–H groups in total. The van der Waals surface area contributed by atoms with Gasteiger partial charge in [0.25, 0.3) is 0 Å². The van der Waals surface area contributed by atoms with Crippen LogP contribution < -0.4 is 4.74 Å². The Hall–Kier alpha value is -1.99. The maximum Gasteiger partial charge on any atom is 0.144 e. The molecule has 27 heavy (non-hydrogen) atoms. The predicted molar refractivity (Wildman–Crippen MR) is 114 cm³/mol. The van der Waals surface area contributed by atoms with E-state index >= 15 is 0 Å². The van der Waals surface area contributed by atoms with Crippen molar-refractivity contribution in [2.24, 2.45) is 0 Å². The average Bonchev–Trinajstić information content (AvgIpc) is 2.62. The van der Waals surface area contributed by atoms with Crippen molar-refractivity contribution in [3.05, 3.63) is 90.9 Å². The normalized spacial score (nSPS) is 10.5. The second-order valence-corrected chi connectivity index (χ2v) is 8.02. The monoisotopic (exact) mass is 459 g/mol. The molecule has 3 aromatic carbocycles. The van der Waals surface area contributed by atoms with Gasteiger partial charge in [0.15, 0.2) is 0 Å². The summed E-state index contributed by atoms with van der Waals surface area (Å²) in [5.41, 5.74) is 5.00. The van der Waals surface area contributed by atoms with E-state index in [4.69, 9.17) is 33.2 Å². The van der Waals surface area contributed by atoms with Crippen LogP contribution in [-0.2, 0) is 6.42 Å². The fourth-order valence-electron chi connectivity index (χ4n) is 2.88. The lowest BCUT2D eigenvalue weighted by molar-refractivity contribution is 0.475. The maximum absolute atomic E-state index is 9.13. The fourth-order valence-corrected chi connectivity index (χ4v) is 3.85. The minimum atomic E-state index is 0.458. The average molecular weight is 461 g/mol. The summed E-state index contributed by atoms with van der Waals surface area (Å²) in [5, 5.41) is 10.3. The molecule has 3 rings (SSSR count). The molecule has 2 nitrogen and oxygen atoms in total. The van der Waals surface area contributed by atoms with E-state index < -0.39 is 0 Å². The van der Waals surface area contributed by atoms with Crippen LogP contribution in [0.4, 0.5) is 0 Å². The van der Waals surface area contributed by atoms with Crippen LogP contribution in [0.15, 0.2) is 53.0 Å². The number of nitrogens with zero attached hydrogens (tertiary/aromatic N) is 1. The number of rotatable bonds is 4. The highest BCUT2D eigenvalue weighted by Gasteiger charge is 2.13. The molecule has 0 bridgehead atoms. The van der Waals surface area contributed by atoms with E-state index in [-0.39, 0.29) is 0 Å². The SMILES string of the molecule is Cc1cc(Cl)ccc1Cc1ccc(Br)c(Oc2cc(Cl)cc(C#N)c2)c1C. The molecular formula is C22H16BrCl2NO. The zero-order chi connectivity index (χ0) is 19.6. The van der Waals surface area contributed by atoms with Gasteiger partial charge in [-0.3, -0.25) is 0 Å². The zero-order valence-electron chi connectivity index (χ0n) is 14.8. The van der Waals surface area contributed by atoms with Crippen molar-refractivity contribution in [1.82, 2.24) is 0 Å². The summed E-state index contributed by atoms with van der Waals surface area (Å²) in [7, 11) is 0. The molecule has 0 spiro atoms. The highest BCUT2D eigenvalue weighted by Crippen LogP contribution is 2.37. The van der Waals surface area contributed by atoms with Crippen LogP contribution in [0.25, 0.3) is 0 Å². The quantitative estimate of drug-likeness (QED) is 0.400. The van der Waals surface area contributed by atoms with Gasteiger partial charge in [0.1, 0.15) is 11.5 Å². The lowest BCUT2D eigenvalue weighted by atomic mass is 9.97. The van der Waals surface area contributed by atoms with Crippen molar-refractivity contribution >= 4 is 39.1 Å². The van der Waals surface area contributed by atoms with Crippen molar-refractivity contribution in [2.45, 2.75) is 20.3 Å². The summed E-state index contributed by atoms with van der Waals surface area (Å²) in [6, 6.07) is 17.1. The Morgan fingerprint density at radius 3 is 2.41 bits per heavy atom. The topological polar surface area (TPSA) is 33.0 Å². The Kier molecular flexibility index (Phi) is 6.11. The standard InChI is InChI=1S/C22H16BrCl2NO/c1-13-7-18(24)5-3-16(13)10-17-4-6-21(23)22(14(17)2)27-20-9-15(12-26)8-19(25)11-20/h3-9,11H,10H2,1-2H3. The molecule has 0 radical (unpaired) electrons. The lowest BCUT2D eigenvalue weighted by Gasteiger charge is -2.16. The molecule has 0 aliphatic rings. The molecule has 0 aromatic heterocycles. The fraction of sp³-hybridized carbons (Fsp3) is 0.136. The third-order valence-electron chi connectivity index (χ3n) is 4.38. The summed E-state index contributed by atoms with van der Waals surface area (Å²) in [4.78, 5) is 0. The van der Waals surface area contributed by atoms with Crippen LogP contribution in [0.1, 0.15) is 27.8 Å². The number of ether oxygens (including phenoxy) is 1. The Morgan fingerprint density at radius 2 is 1.70 bits per heavy atom. The molecular weight excluding hydrogens is 445 g/mol. The van der Waals surface area contributed by atoms with E-state index in [1.165, 1.54) is 5.56 Å². The zero-order valence-corrected chi connectivity index (χ0v) is 17.9. The molecule has 0 saturated carbocycles. The van der Waals surface area contributed by atoms with E-state index in [1.54, 1.807) is 18.2 Å². The molecule has 0 saturated heterocycles. The van der Waals surface area contributed by atoms with Gasteiger partial charge in [-0.25, -0.2) is 0 Å². The number of hydrogen-bond donors (Lipinski definition) is 0. The largest absolute Gasteiger partial charge is 0.456 e. The molecule has 0 amide bonds. The van der Waals surface area contributed by atoms with Crippen molar-refractivity contribution in [1.29, 1.82) is 5.26 Å². The summed E-state index contributed by atoms with van der Waals surface area (Å²) < 4.78 is 6.93. The van der Waals surface area contributed by atoms with Gasteiger partial charge >= 0.3 is 0 Å². The van der Waals surface area contributed by atoms with Gasteiger partial charge in [-0.1, -0.05) is 35.3 Å². The molecule has 0 fully saturated rings. The highest BCUT2D eigenvalue weighted by molar-refractivity contribution is 9.10. The van der Waals surface area contributed by atoms with Crippen LogP contribution >= 0.6 is 39.1 Å². The summed E-state index contributed by atoms with van der Waals surface area (Å²) in [6.45, 7) is 4.08. The van der Waals surface area contributed by atoms with Crippen LogP contribution in [0.2, 0.25) is 10.0 Å². The molecule has 136 valence electrons. The number of halogens is 3. The Labute approximate surface area is 177 Å². The Balaban J connectivity index is 1.96. The molecule has 0 unspecified atom stereocenters. The van der Waals surface area contributed by atoms with E-state index in [9.17, 15) is 0 Å². The highest BCUT2D eigenvalue weighted by atomic mass is 79.9. The van der Waals surface area contributed by atoms with E-state index in [0.717, 1.165) is 32.6 Å². The van der Waals surface area contributed by atoms with Gasteiger partial charge in [-0.05, 0) is 94.9 Å². The summed E-state index contributed by atoms with van der Waals surface area (Å²) >= 11 is 15.7. The second-order valence-electron chi connectivity index (χ2n) is 6.30. The van der Waals surface area contributed by atoms with E-state index in [1.807, 2.05) is 25.1 Å². The number of aryl methyl sites for hydroxylation is 1. The third-order valence-corrected chi connectivity index (χ3v) is 5.45. The van der Waals surface area contributed by atoms with Crippen LogP contribution in [-0.4, -0.2) is 0 Å². The van der Waals surface area contributed by atoms with E-state index in [0.29, 0.717) is 22.1 Å². The predicted octanol–water partition coefficient (Wildman–Crippen LogP) is 7.63. The lowest BCUT2D eigenvalue weighted by Crippen LogP contribution is -1.98. The molecule has 0 heterocycles. The number of nitriles is 1. The summed E-state index contributed by atoms with van der Waals surface area (Å²) in [6.07, 6.45) is 0.775. The first-order valence-corrected chi connectivity index (χ1v) is 9.84. The third kappa shape index (κ3) is 4.65. The molecule has 3 aromatic rings. The summed E-state index contributed by atoms with van der Waals surface area (Å²) in [5.74, 6) is 1.24.